The largest absolute Gasteiger partial charge is 0.300 e. The molecule has 0 saturated carbocycles. The molecule has 2 aromatic carbocycles. The molecule has 1 saturated heterocycles. The molecule has 0 radical (unpaired) electrons. The van der Waals surface area contributed by atoms with Crippen LogP contribution in [0.15, 0.2) is 68.5 Å². The second kappa shape index (κ2) is 8.06. The standard InChI is InChI=1S/C21H19BrN2OS/c1-13(9-16-7-5-4-6-8-16)10-18-20(25)24-21(26-18)23-17-11-14(2)19(22)15(3)12-17/h4-12H,1-3H3,(H,23,24,25)/b13-9+,18-10-. The number of thioether (sulfide) groups is 1. The minimum atomic E-state index is -0.111. The Morgan fingerprint density at radius 1 is 1.15 bits per heavy atom. The number of amides is 1. The normalized spacial score (nSPS) is 17.8. The molecular formula is C21H19BrN2OS. The van der Waals surface area contributed by atoms with Gasteiger partial charge in [0.2, 0.25) is 0 Å². The maximum atomic E-state index is 12.2. The molecule has 1 aliphatic rings. The topological polar surface area (TPSA) is 41.5 Å². The van der Waals surface area contributed by atoms with Crippen LogP contribution in [-0.2, 0) is 4.79 Å². The molecule has 5 heteroatoms. The zero-order chi connectivity index (χ0) is 18.7. The first kappa shape index (κ1) is 18.7. The Kier molecular flexibility index (Phi) is 5.79. The molecular weight excluding hydrogens is 408 g/mol. The van der Waals surface area contributed by atoms with Crippen LogP contribution in [0.5, 0.6) is 0 Å². The Balaban J connectivity index is 1.81. The van der Waals surface area contributed by atoms with Crippen molar-refractivity contribution in [1.82, 2.24) is 5.32 Å². The summed E-state index contributed by atoms with van der Waals surface area (Å²) >= 11 is 4.93. The average molecular weight is 427 g/mol. The number of carbonyl (C=O) groups is 1. The van der Waals surface area contributed by atoms with Crippen LogP contribution >= 0.6 is 27.7 Å². The van der Waals surface area contributed by atoms with Crippen molar-refractivity contribution in [3.63, 3.8) is 0 Å². The number of hydrogen-bond donors (Lipinski definition) is 1. The molecule has 1 aliphatic heterocycles. The molecule has 0 bridgehead atoms. The predicted molar refractivity (Wildman–Crippen MR) is 115 cm³/mol. The van der Waals surface area contributed by atoms with Crippen molar-refractivity contribution in [2.75, 3.05) is 0 Å². The van der Waals surface area contributed by atoms with Crippen LogP contribution in [0.25, 0.3) is 6.08 Å². The van der Waals surface area contributed by atoms with Gasteiger partial charge >= 0.3 is 0 Å². The van der Waals surface area contributed by atoms with E-state index in [4.69, 9.17) is 0 Å². The van der Waals surface area contributed by atoms with Crippen molar-refractivity contribution in [2.24, 2.45) is 4.99 Å². The third-order valence-electron chi connectivity index (χ3n) is 3.86. The highest BCUT2D eigenvalue weighted by atomic mass is 79.9. The molecule has 0 aromatic heterocycles. The Morgan fingerprint density at radius 3 is 2.46 bits per heavy atom. The zero-order valence-corrected chi connectivity index (χ0v) is 17.2. The lowest BCUT2D eigenvalue weighted by molar-refractivity contribution is -0.115. The van der Waals surface area contributed by atoms with E-state index in [0.29, 0.717) is 10.1 Å². The highest BCUT2D eigenvalue weighted by Crippen LogP contribution is 2.30. The summed E-state index contributed by atoms with van der Waals surface area (Å²) in [5.41, 5.74) is 5.21. The summed E-state index contributed by atoms with van der Waals surface area (Å²) in [7, 11) is 0. The van der Waals surface area contributed by atoms with Gasteiger partial charge in [0.1, 0.15) is 0 Å². The number of allylic oxidation sites excluding steroid dienone is 2. The van der Waals surface area contributed by atoms with Crippen molar-refractivity contribution in [3.05, 3.63) is 80.2 Å². The fraction of sp³-hybridized carbons (Fsp3) is 0.143. The third kappa shape index (κ3) is 4.54. The summed E-state index contributed by atoms with van der Waals surface area (Å²) in [4.78, 5) is 17.5. The monoisotopic (exact) mass is 426 g/mol. The second-order valence-corrected chi connectivity index (χ2v) is 8.00. The Morgan fingerprint density at radius 2 is 1.81 bits per heavy atom. The lowest BCUT2D eigenvalue weighted by atomic mass is 10.1. The van der Waals surface area contributed by atoms with Crippen molar-refractivity contribution in [3.8, 4) is 0 Å². The van der Waals surface area contributed by atoms with Gasteiger partial charge in [0.05, 0.1) is 10.6 Å². The van der Waals surface area contributed by atoms with Crippen LogP contribution in [0.1, 0.15) is 23.6 Å². The van der Waals surface area contributed by atoms with Gasteiger partial charge in [-0.25, -0.2) is 4.99 Å². The van der Waals surface area contributed by atoms with Crippen LogP contribution in [-0.4, -0.2) is 11.1 Å². The maximum absolute atomic E-state index is 12.2. The Bertz CT molecular complexity index is 923. The molecule has 1 N–H and O–H groups in total. The van der Waals surface area contributed by atoms with Crippen LogP contribution in [0.3, 0.4) is 0 Å². The highest BCUT2D eigenvalue weighted by Gasteiger charge is 2.23. The molecule has 2 aromatic rings. The van der Waals surface area contributed by atoms with E-state index in [0.717, 1.165) is 32.4 Å². The molecule has 26 heavy (non-hydrogen) atoms. The number of hydrogen-bond acceptors (Lipinski definition) is 3. The molecule has 0 unspecified atom stereocenters. The predicted octanol–water partition coefficient (Wildman–Crippen LogP) is 5.90. The van der Waals surface area contributed by atoms with Gasteiger partial charge in [-0.05, 0) is 73.0 Å². The van der Waals surface area contributed by atoms with Crippen LogP contribution < -0.4 is 5.32 Å². The van der Waals surface area contributed by atoms with Crippen LogP contribution in [0.4, 0.5) is 5.69 Å². The SMILES string of the molecule is CC(/C=C1\SC(=Nc2cc(C)c(Br)c(C)c2)NC1=O)=C\c1ccccc1. The van der Waals surface area contributed by atoms with Gasteiger partial charge in [-0.2, -0.15) is 0 Å². The minimum absolute atomic E-state index is 0.111. The third-order valence-corrected chi connectivity index (χ3v) is 6.02. The van der Waals surface area contributed by atoms with Crippen LogP contribution in [0, 0.1) is 13.8 Å². The van der Waals surface area contributed by atoms with Crippen molar-refractivity contribution in [2.45, 2.75) is 20.8 Å². The lowest BCUT2D eigenvalue weighted by Gasteiger charge is -2.04. The fourth-order valence-electron chi connectivity index (χ4n) is 2.65. The van der Waals surface area contributed by atoms with E-state index in [9.17, 15) is 4.79 Å². The zero-order valence-electron chi connectivity index (χ0n) is 14.8. The van der Waals surface area contributed by atoms with E-state index >= 15 is 0 Å². The number of nitrogens with zero attached hydrogens (tertiary/aromatic N) is 1. The maximum Gasteiger partial charge on any atom is 0.264 e. The van der Waals surface area contributed by atoms with Crippen molar-refractivity contribution >= 4 is 50.5 Å². The number of amidine groups is 1. The Hall–Kier alpha value is -2.11. The van der Waals surface area contributed by atoms with E-state index < -0.39 is 0 Å². The van der Waals surface area contributed by atoms with Crippen LogP contribution in [0.2, 0.25) is 0 Å². The molecule has 0 aliphatic carbocycles. The van der Waals surface area contributed by atoms with Crippen molar-refractivity contribution < 1.29 is 4.79 Å². The van der Waals surface area contributed by atoms with E-state index in [1.165, 1.54) is 11.8 Å². The molecule has 3 rings (SSSR count). The molecule has 132 valence electrons. The van der Waals surface area contributed by atoms with Gasteiger partial charge in [0.25, 0.3) is 5.91 Å². The van der Waals surface area contributed by atoms with E-state index in [-0.39, 0.29) is 5.91 Å². The molecule has 1 amide bonds. The number of benzene rings is 2. The summed E-state index contributed by atoms with van der Waals surface area (Å²) in [5, 5.41) is 3.45. The van der Waals surface area contributed by atoms with E-state index in [1.54, 1.807) is 0 Å². The quantitative estimate of drug-likeness (QED) is 0.620. The number of rotatable bonds is 3. The molecule has 0 spiro atoms. The number of nitrogens with one attached hydrogen (secondary N) is 1. The lowest BCUT2D eigenvalue weighted by Crippen LogP contribution is -2.19. The van der Waals surface area contributed by atoms with Gasteiger partial charge < -0.3 is 5.32 Å². The molecule has 1 heterocycles. The molecule has 3 nitrogen and oxygen atoms in total. The molecule has 1 fully saturated rings. The summed E-state index contributed by atoms with van der Waals surface area (Å²) in [6.07, 6.45) is 3.95. The van der Waals surface area contributed by atoms with Crippen molar-refractivity contribution in [1.29, 1.82) is 0 Å². The number of carbonyl (C=O) groups excluding carboxylic acids is 1. The fourth-order valence-corrected chi connectivity index (χ4v) is 3.77. The Labute approximate surface area is 166 Å². The average Bonchev–Trinajstić information content (AvgIpc) is 2.92. The first-order valence-electron chi connectivity index (χ1n) is 8.22. The number of aryl methyl sites for hydroxylation is 2. The minimum Gasteiger partial charge on any atom is -0.300 e. The summed E-state index contributed by atoms with van der Waals surface area (Å²) in [6.45, 7) is 6.05. The second-order valence-electron chi connectivity index (χ2n) is 6.17. The summed E-state index contributed by atoms with van der Waals surface area (Å²) < 4.78 is 1.09. The van der Waals surface area contributed by atoms with Gasteiger partial charge in [-0.15, -0.1) is 0 Å². The molecule has 0 atom stereocenters. The first-order chi connectivity index (χ1) is 12.4. The first-order valence-corrected chi connectivity index (χ1v) is 9.83. The summed E-state index contributed by atoms with van der Waals surface area (Å²) in [6, 6.07) is 14.0. The van der Waals surface area contributed by atoms with Gasteiger partial charge in [0.15, 0.2) is 5.17 Å². The van der Waals surface area contributed by atoms with Gasteiger partial charge in [0, 0.05) is 4.47 Å². The van der Waals surface area contributed by atoms with E-state index in [2.05, 4.69) is 32.3 Å². The smallest absolute Gasteiger partial charge is 0.264 e. The van der Waals surface area contributed by atoms with E-state index in [1.807, 2.05) is 69.3 Å². The highest BCUT2D eigenvalue weighted by molar-refractivity contribution is 9.10. The summed E-state index contributed by atoms with van der Waals surface area (Å²) in [5.74, 6) is -0.111. The van der Waals surface area contributed by atoms with Gasteiger partial charge in [-0.3, -0.25) is 4.79 Å². The number of aliphatic imine (C=N–C) groups is 1. The number of halogens is 1. The van der Waals surface area contributed by atoms with Gasteiger partial charge in [-0.1, -0.05) is 52.3 Å².